The molecular weight excluding hydrogens is 321 g/mol. The molecule has 6 heteroatoms. The fraction of sp³-hybridized carbons (Fsp3) is 0.333. The van der Waals surface area contributed by atoms with Crippen LogP contribution < -0.4 is 5.32 Å². The van der Waals surface area contributed by atoms with Crippen LogP contribution in [0.4, 0.5) is 5.69 Å². The lowest BCUT2D eigenvalue weighted by Gasteiger charge is -2.18. The minimum Gasteiger partial charge on any atom is -0.481 e. The maximum Gasteiger partial charge on any atom is 0.309 e. The standard InChI is InChI=1S/C12H13BrClNO3/c1-12(2,11(17)18)6-10(16)15-9-4-3-7(14)5-8(9)13/h3-5H,6H2,1-2H3,(H,15,16)(H,17,18). The Kier molecular flexibility index (Phi) is 4.76. The monoisotopic (exact) mass is 333 g/mol. The highest BCUT2D eigenvalue weighted by molar-refractivity contribution is 9.10. The van der Waals surface area contributed by atoms with Crippen LogP contribution in [-0.2, 0) is 9.59 Å². The minimum absolute atomic E-state index is 0.0998. The first kappa shape index (κ1) is 15.0. The SMILES string of the molecule is CC(C)(CC(=O)Nc1ccc(Cl)cc1Br)C(=O)O. The van der Waals surface area contributed by atoms with Crippen LogP contribution in [-0.4, -0.2) is 17.0 Å². The zero-order valence-corrected chi connectivity index (χ0v) is 12.3. The van der Waals surface area contributed by atoms with E-state index in [9.17, 15) is 9.59 Å². The second-order valence-corrected chi connectivity index (χ2v) is 5.83. The largest absolute Gasteiger partial charge is 0.481 e. The number of carbonyl (C=O) groups is 2. The van der Waals surface area contributed by atoms with Gasteiger partial charge in [0, 0.05) is 15.9 Å². The Balaban J connectivity index is 2.74. The quantitative estimate of drug-likeness (QED) is 0.885. The molecule has 0 aromatic heterocycles. The predicted octanol–water partition coefficient (Wildman–Crippen LogP) is 3.54. The van der Waals surface area contributed by atoms with Crippen LogP contribution in [0.15, 0.2) is 22.7 Å². The summed E-state index contributed by atoms with van der Waals surface area (Å²) in [6.45, 7) is 3.01. The molecule has 1 rings (SSSR count). The fourth-order valence-corrected chi connectivity index (χ4v) is 2.04. The molecule has 1 aromatic carbocycles. The Hall–Kier alpha value is -1.07. The van der Waals surface area contributed by atoms with Gasteiger partial charge in [0.2, 0.25) is 5.91 Å². The van der Waals surface area contributed by atoms with E-state index in [0.717, 1.165) is 0 Å². The van der Waals surface area contributed by atoms with Crippen LogP contribution in [0.5, 0.6) is 0 Å². The van der Waals surface area contributed by atoms with Gasteiger partial charge in [-0.3, -0.25) is 9.59 Å². The van der Waals surface area contributed by atoms with Crippen LogP contribution >= 0.6 is 27.5 Å². The number of amides is 1. The molecule has 0 unspecified atom stereocenters. The molecule has 0 fully saturated rings. The van der Waals surface area contributed by atoms with Crippen molar-refractivity contribution in [1.82, 2.24) is 0 Å². The summed E-state index contributed by atoms with van der Waals surface area (Å²) in [4.78, 5) is 22.7. The van der Waals surface area contributed by atoms with Crippen LogP contribution in [0, 0.1) is 5.41 Å². The average Bonchev–Trinajstić information content (AvgIpc) is 2.21. The number of hydrogen-bond donors (Lipinski definition) is 2. The summed E-state index contributed by atoms with van der Waals surface area (Å²) in [6.07, 6.45) is -0.0998. The summed E-state index contributed by atoms with van der Waals surface area (Å²) in [6, 6.07) is 4.95. The molecule has 0 aliphatic rings. The lowest BCUT2D eigenvalue weighted by atomic mass is 9.89. The maximum atomic E-state index is 11.7. The third-order valence-electron chi connectivity index (χ3n) is 2.39. The van der Waals surface area contributed by atoms with E-state index in [1.807, 2.05) is 0 Å². The molecule has 98 valence electrons. The molecular formula is C12H13BrClNO3. The Labute approximate surface area is 118 Å². The van der Waals surface area contributed by atoms with Gasteiger partial charge in [-0.1, -0.05) is 11.6 Å². The molecule has 0 heterocycles. The van der Waals surface area contributed by atoms with Crippen molar-refractivity contribution in [2.45, 2.75) is 20.3 Å². The highest BCUT2D eigenvalue weighted by atomic mass is 79.9. The summed E-state index contributed by atoms with van der Waals surface area (Å²) in [7, 11) is 0. The van der Waals surface area contributed by atoms with E-state index < -0.39 is 11.4 Å². The number of carboxylic acid groups (broad SMARTS) is 1. The van der Waals surface area contributed by atoms with E-state index in [0.29, 0.717) is 15.2 Å². The van der Waals surface area contributed by atoms with Gasteiger partial charge in [-0.15, -0.1) is 0 Å². The van der Waals surface area contributed by atoms with E-state index in [4.69, 9.17) is 16.7 Å². The third-order valence-corrected chi connectivity index (χ3v) is 3.28. The van der Waals surface area contributed by atoms with Crippen molar-refractivity contribution < 1.29 is 14.7 Å². The van der Waals surface area contributed by atoms with E-state index in [2.05, 4.69) is 21.2 Å². The molecule has 0 saturated carbocycles. The van der Waals surface area contributed by atoms with Crippen LogP contribution in [0.1, 0.15) is 20.3 Å². The number of anilines is 1. The summed E-state index contributed by atoms with van der Waals surface area (Å²) in [5, 5.41) is 12.1. The van der Waals surface area contributed by atoms with Gasteiger partial charge in [0.05, 0.1) is 11.1 Å². The van der Waals surface area contributed by atoms with Gasteiger partial charge >= 0.3 is 5.97 Å². The van der Waals surface area contributed by atoms with Gasteiger partial charge in [-0.05, 0) is 48.0 Å². The van der Waals surface area contributed by atoms with E-state index in [1.54, 1.807) is 18.2 Å². The summed E-state index contributed by atoms with van der Waals surface area (Å²) in [5.41, 5.74) is -0.534. The Morgan fingerprint density at radius 1 is 1.44 bits per heavy atom. The molecule has 4 nitrogen and oxygen atoms in total. The molecule has 0 radical (unpaired) electrons. The highest BCUT2D eigenvalue weighted by Gasteiger charge is 2.30. The van der Waals surface area contributed by atoms with Crippen LogP contribution in [0.2, 0.25) is 5.02 Å². The number of nitrogens with one attached hydrogen (secondary N) is 1. The Bertz CT molecular complexity index is 488. The van der Waals surface area contributed by atoms with Crippen molar-refractivity contribution in [3.8, 4) is 0 Å². The summed E-state index contributed by atoms with van der Waals surface area (Å²) in [5.74, 6) is -1.36. The van der Waals surface area contributed by atoms with E-state index >= 15 is 0 Å². The smallest absolute Gasteiger partial charge is 0.309 e. The van der Waals surface area contributed by atoms with Crippen LogP contribution in [0.3, 0.4) is 0 Å². The first-order valence-corrected chi connectivity index (χ1v) is 6.38. The molecule has 0 saturated heterocycles. The summed E-state index contributed by atoms with van der Waals surface area (Å²) < 4.78 is 0.650. The molecule has 0 aliphatic heterocycles. The third kappa shape index (κ3) is 3.99. The molecule has 0 bridgehead atoms. The lowest BCUT2D eigenvalue weighted by Crippen LogP contribution is -2.29. The second kappa shape index (κ2) is 5.71. The Morgan fingerprint density at radius 3 is 2.56 bits per heavy atom. The molecule has 0 spiro atoms. The molecule has 18 heavy (non-hydrogen) atoms. The predicted molar refractivity (Wildman–Crippen MR) is 73.8 cm³/mol. The van der Waals surface area contributed by atoms with Gasteiger partial charge in [0.1, 0.15) is 0 Å². The van der Waals surface area contributed by atoms with Crippen molar-refractivity contribution in [2.75, 3.05) is 5.32 Å². The van der Waals surface area contributed by atoms with Gasteiger partial charge in [0.15, 0.2) is 0 Å². The van der Waals surface area contributed by atoms with Crippen LogP contribution in [0.25, 0.3) is 0 Å². The Morgan fingerprint density at radius 2 is 2.06 bits per heavy atom. The number of benzene rings is 1. The molecule has 1 aromatic rings. The molecule has 0 aliphatic carbocycles. The minimum atomic E-state index is -1.09. The van der Waals surface area contributed by atoms with Gasteiger partial charge in [-0.25, -0.2) is 0 Å². The highest BCUT2D eigenvalue weighted by Crippen LogP contribution is 2.27. The van der Waals surface area contributed by atoms with Crippen molar-refractivity contribution >= 4 is 45.1 Å². The second-order valence-electron chi connectivity index (χ2n) is 4.54. The van der Waals surface area contributed by atoms with Crippen molar-refractivity contribution in [2.24, 2.45) is 5.41 Å². The van der Waals surface area contributed by atoms with Crippen molar-refractivity contribution in [3.05, 3.63) is 27.7 Å². The number of halogens is 2. The van der Waals surface area contributed by atoms with Crippen molar-refractivity contribution in [3.63, 3.8) is 0 Å². The normalized spacial score (nSPS) is 11.1. The molecule has 1 amide bonds. The molecule has 2 N–H and O–H groups in total. The van der Waals surface area contributed by atoms with Gasteiger partial charge in [0.25, 0.3) is 0 Å². The van der Waals surface area contributed by atoms with Gasteiger partial charge < -0.3 is 10.4 Å². The number of hydrogen-bond acceptors (Lipinski definition) is 2. The average molecular weight is 335 g/mol. The number of carboxylic acids is 1. The fourth-order valence-electron chi connectivity index (χ4n) is 1.26. The zero-order chi connectivity index (χ0) is 13.9. The maximum absolute atomic E-state index is 11.7. The van der Waals surface area contributed by atoms with E-state index in [-0.39, 0.29) is 12.3 Å². The number of carbonyl (C=O) groups excluding carboxylic acids is 1. The van der Waals surface area contributed by atoms with Crippen molar-refractivity contribution in [1.29, 1.82) is 0 Å². The van der Waals surface area contributed by atoms with E-state index in [1.165, 1.54) is 13.8 Å². The summed E-state index contributed by atoms with van der Waals surface area (Å²) >= 11 is 9.05. The number of aliphatic carboxylic acids is 1. The first-order chi connectivity index (χ1) is 8.22. The number of rotatable bonds is 4. The molecule has 0 atom stereocenters. The first-order valence-electron chi connectivity index (χ1n) is 5.20. The zero-order valence-electron chi connectivity index (χ0n) is 9.96. The topological polar surface area (TPSA) is 66.4 Å². The van der Waals surface area contributed by atoms with Gasteiger partial charge in [-0.2, -0.15) is 0 Å². The lowest BCUT2D eigenvalue weighted by molar-refractivity contribution is -0.148.